The van der Waals surface area contributed by atoms with Crippen molar-refractivity contribution in [3.63, 3.8) is 0 Å². The Morgan fingerprint density at radius 2 is 1.52 bits per heavy atom. The Morgan fingerprint density at radius 1 is 0.783 bits per heavy atom. The van der Waals surface area contributed by atoms with Crippen molar-refractivity contribution >= 4 is 33.6 Å². The first-order valence-electron chi connectivity index (χ1n) is 7.42. The zero-order valence-electron chi connectivity index (χ0n) is 12.3. The lowest BCUT2D eigenvalue weighted by Crippen LogP contribution is -1.88. The number of phenols is 1. The van der Waals surface area contributed by atoms with Gasteiger partial charge in [0.25, 0.3) is 0 Å². The van der Waals surface area contributed by atoms with E-state index in [-0.39, 0.29) is 5.75 Å². The monoisotopic (exact) mass is 298 g/mol. The molecule has 4 rings (SSSR count). The van der Waals surface area contributed by atoms with Crippen LogP contribution in [0.2, 0.25) is 0 Å². The van der Waals surface area contributed by atoms with Gasteiger partial charge in [0.2, 0.25) is 0 Å². The number of para-hydroxylation sites is 1. The molecule has 3 heteroatoms. The first kappa shape index (κ1) is 13.5. The van der Waals surface area contributed by atoms with Crippen molar-refractivity contribution in [3.8, 4) is 5.75 Å². The summed E-state index contributed by atoms with van der Waals surface area (Å²) in [6.45, 7) is 0. The van der Waals surface area contributed by atoms with Crippen LogP contribution in [-0.2, 0) is 0 Å². The van der Waals surface area contributed by atoms with Crippen LogP contribution in [0, 0.1) is 0 Å². The summed E-state index contributed by atoms with van der Waals surface area (Å²) in [6, 6.07) is 23.3. The zero-order chi connectivity index (χ0) is 15.6. The topological polar surface area (TPSA) is 45.5 Å². The molecule has 1 heterocycles. The standard InChI is InChI=1S/C20H14N2O/c23-19-12-10-14-5-1-3-7-17(14)20(19)21-13-16-11-9-15-6-2-4-8-18(15)22-16/h1-13,23H. The van der Waals surface area contributed by atoms with Gasteiger partial charge in [0, 0.05) is 10.8 Å². The normalized spacial score (nSPS) is 11.5. The highest BCUT2D eigenvalue weighted by molar-refractivity contribution is 5.98. The molecule has 0 saturated carbocycles. The number of benzene rings is 3. The molecular formula is C20H14N2O. The van der Waals surface area contributed by atoms with Gasteiger partial charge in [-0.15, -0.1) is 0 Å². The molecule has 0 unspecified atom stereocenters. The van der Waals surface area contributed by atoms with E-state index in [4.69, 9.17) is 0 Å². The summed E-state index contributed by atoms with van der Waals surface area (Å²) >= 11 is 0. The second kappa shape index (κ2) is 5.54. The molecule has 0 bridgehead atoms. The van der Waals surface area contributed by atoms with Gasteiger partial charge >= 0.3 is 0 Å². The van der Waals surface area contributed by atoms with Crippen LogP contribution in [0.1, 0.15) is 5.69 Å². The smallest absolute Gasteiger partial charge is 0.141 e. The Kier molecular flexibility index (Phi) is 3.24. The van der Waals surface area contributed by atoms with Crippen molar-refractivity contribution in [1.82, 2.24) is 4.98 Å². The molecule has 3 aromatic carbocycles. The van der Waals surface area contributed by atoms with Gasteiger partial charge in [-0.1, -0.05) is 54.6 Å². The van der Waals surface area contributed by atoms with Crippen molar-refractivity contribution in [2.75, 3.05) is 0 Å². The van der Waals surface area contributed by atoms with Gasteiger partial charge < -0.3 is 5.11 Å². The van der Waals surface area contributed by atoms with Crippen LogP contribution in [-0.4, -0.2) is 16.3 Å². The number of aliphatic imine (C=N–C) groups is 1. The molecule has 1 aromatic heterocycles. The number of hydrogen-bond donors (Lipinski definition) is 1. The van der Waals surface area contributed by atoms with Crippen LogP contribution in [0.15, 0.2) is 77.8 Å². The van der Waals surface area contributed by atoms with Crippen LogP contribution in [0.3, 0.4) is 0 Å². The molecule has 0 aliphatic rings. The quantitative estimate of drug-likeness (QED) is 0.538. The molecule has 0 saturated heterocycles. The molecular weight excluding hydrogens is 284 g/mol. The molecule has 110 valence electrons. The van der Waals surface area contributed by atoms with Gasteiger partial charge in [-0.05, 0) is 23.6 Å². The molecule has 0 amide bonds. The summed E-state index contributed by atoms with van der Waals surface area (Å²) in [5.41, 5.74) is 2.26. The molecule has 1 N–H and O–H groups in total. The van der Waals surface area contributed by atoms with Gasteiger partial charge in [0.05, 0.1) is 17.4 Å². The maximum Gasteiger partial charge on any atom is 0.141 e. The molecule has 23 heavy (non-hydrogen) atoms. The lowest BCUT2D eigenvalue weighted by molar-refractivity contribution is 0.477. The SMILES string of the molecule is Oc1ccc2ccccc2c1N=Cc1ccc2ccccc2n1. The van der Waals surface area contributed by atoms with Gasteiger partial charge in [-0.2, -0.15) is 0 Å². The minimum Gasteiger partial charge on any atom is -0.506 e. The number of aromatic hydroxyl groups is 1. The van der Waals surface area contributed by atoms with E-state index in [1.165, 1.54) is 0 Å². The minimum absolute atomic E-state index is 0.167. The fourth-order valence-corrected chi connectivity index (χ4v) is 2.66. The minimum atomic E-state index is 0.167. The largest absolute Gasteiger partial charge is 0.506 e. The lowest BCUT2D eigenvalue weighted by atomic mass is 10.1. The molecule has 0 fully saturated rings. The summed E-state index contributed by atoms with van der Waals surface area (Å²) in [4.78, 5) is 9.04. The fraction of sp³-hybridized carbons (Fsp3) is 0. The van der Waals surface area contributed by atoms with Gasteiger partial charge in [0.1, 0.15) is 11.4 Å². The maximum atomic E-state index is 10.1. The average Bonchev–Trinajstić information content (AvgIpc) is 2.61. The van der Waals surface area contributed by atoms with Gasteiger partial charge in [-0.25, -0.2) is 4.98 Å². The number of phenolic OH excluding ortho intramolecular Hbond substituents is 1. The van der Waals surface area contributed by atoms with Crippen LogP contribution in [0.4, 0.5) is 5.69 Å². The van der Waals surface area contributed by atoms with Gasteiger partial charge in [0.15, 0.2) is 0 Å². The predicted molar refractivity (Wildman–Crippen MR) is 94.6 cm³/mol. The Labute approximate surface area is 133 Å². The van der Waals surface area contributed by atoms with E-state index >= 15 is 0 Å². The van der Waals surface area contributed by atoms with Crippen molar-refractivity contribution < 1.29 is 5.11 Å². The molecule has 0 aliphatic heterocycles. The number of aromatic nitrogens is 1. The predicted octanol–water partition coefficient (Wildman–Crippen LogP) is 4.84. The number of hydrogen-bond acceptors (Lipinski definition) is 3. The van der Waals surface area contributed by atoms with E-state index in [0.29, 0.717) is 5.69 Å². The number of pyridine rings is 1. The number of fused-ring (bicyclic) bond motifs is 2. The molecule has 0 aliphatic carbocycles. The first-order valence-corrected chi connectivity index (χ1v) is 7.42. The van der Waals surface area contributed by atoms with Crippen LogP contribution < -0.4 is 0 Å². The molecule has 4 aromatic rings. The van der Waals surface area contributed by atoms with Crippen molar-refractivity contribution in [3.05, 3.63) is 78.5 Å². The first-order chi connectivity index (χ1) is 11.3. The van der Waals surface area contributed by atoms with Crippen molar-refractivity contribution in [1.29, 1.82) is 0 Å². The summed E-state index contributed by atoms with van der Waals surface area (Å²) in [6.07, 6.45) is 1.69. The van der Waals surface area contributed by atoms with E-state index in [1.807, 2.05) is 66.7 Å². The Morgan fingerprint density at radius 3 is 2.43 bits per heavy atom. The highest BCUT2D eigenvalue weighted by atomic mass is 16.3. The van der Waals surface area contributed by atoms with Crippen LogP contribution in [0.25, 0.3) is 21.7 Å². The summed E-state index contributed by atoms with van der Waals surface area (Å²) in [7, 11) is 0. The second-order valence-corrected chi connectivity index (χ2v) is 5.34. The van der Waals surface area contributed by atoms with Gasteiger partial charge in [-0.3, -0.25) is 4.99 Å². The summed E-state index contributed by atoms with van der Waals surface area (Å²) < 4.78 is 0. The number of nitrogens with zero attached hydrogens (tertiary/aromatic N) is 2. The molecule has 0 atom stereocenters. The van der Waals surface area contributed by atoms with Crippen LogP contribution >= 0.6 is 0 Å². The van der Waals surface area contributed by atoms with Crippen molar-refractivity contribution in [2.24, 2.45) is 4.99 Å². The maximum absolute atomic E-state index is 10.1. The Balaban J connectivity index is 1.79. The van der Waals surface area contributed by atoms with E-state index < -0.39 is 0 Å². The third-order valence-corrected chi connectivity index (χ3v) is 3.83. The van der Waals surface area contributed by atoms with E-state index in [9.17, 15) is 5.11 Å². The fourth-order valence-electron chi connectivity index (χ4n) is 2.66. The Bertz CT molecular complexity index is 1040. The summed E-state index contributed by atoms with van der Waals surface area (Å²) in [5, 5.41) is 13.2. The molecule has 0 spiro atoms. The van der Waals surface area contributed by atoms with Crippen LogP contribution in [0.5, 0.6) is 5.75 Å². The Hall–Kier alpha value is -3.20. The van der Waals surface area contributed by atoms with E-state index in [2.05, 4.69) is 9.98 Å². The zero-order valence-corrected chi connectivity index (χ0v) is 12.3. The van der Waals surface area contributed by atoms with Crippen molar-refractivity contribution in [2.45, 2.75) is 0 Å². The molecule has 0 radical (unpaired) electrons. The third kappa shape index (κ3) is 2.53. The van der Waals surface area contributed by atoms with E-state index in [0.717, 1.165) is 27.4 Å². The lowest BCUT2D eigenvalue weighted by Gasteiger charge is -2.04. The highest BCUT2D eigenvalue weighted by Crippen LogP contribution is 2.34. The average molecular weight is 298 g/mol. The number of rotatable bonds is 2. The summed E-state index contributed by atoms with van der Waals surface area (Å²) in [5.74, 6) is 0.167. The van der Waals surface area contributed by atoms with E-state index in [1.54, 1.807) is 12.3 Å². The second-order valence-electron chi connectivity index (χ2n) is 5.34. The third-order valence-electron chi connectivity index (χ3n) is 3.83. The molecule has 3 nitrogen and oxygen atoms in total. The highest BCUT2D eigenvalue weighted by Gasteiger charge is 2.05.